The van der Waals surface area contributed by atoms with Crippen molar-refractivity contribution in [3.05, 3.63) is 0 Å². The third kappa shape index (κ3) is 2.38. The van der Waals surface area contributed by atoms with E-state index in [4.69, 9.17) is 0 Å². The Kier molecular flexibility index (Phi) is 3.50. The zero-order valence-electron chi connectivity index (χ0n) is 10.6. The summed E-state index contributed by atoms with van der Waals surface area (Å²) in [6.07, 6.45) is 2.40. The maximum absolute atomic E-state index is 11.8. The number of amides is 1. The molecule has 1 N–H and O–H groups in total. The Hall–Kier alpha value is -0.610. The van der Waals surface area contributed by atoms with Gasteiger partial charge in [-0.2, -0.15) is 0 Å². The standard InChI is InChI=1S/C12H23N3O/c1-9(16)15(11-4-5-11)12-8-14(3)7-10(12)6-13-2/h10-13H,4-8H2,1-3H3. The molecule has 1 aliphatic carbocycles. The minimum atomic E-state index is 0.254. The summed E-state index contributed by atoms with van der Waals surface area (Å²) in [6, 6.07) is 0.954. The molecule has 0 radical (unpaired) electrons. The van der Waals surface area contributed by atoms with Crippen molar-refractivity contribution in [3.63, 3.8) is 0 Å². The first kappa shape index (κ1) is 11.9. The highest BCUT2D eigenvalue weighted by Crippen LogP contribution is 2.33. The van der Waals surface area contributed by atoms with E-state index in [-0.39, 0.29) is 5.91 Å². The fourth-order valence-corrected chi connectivity index (χ4v) is 2.96. The second kappa shape index (κ2) is 4.72. The summed E-state index contributed by atoms with van der Waals surface area (Å²) in [5, 5.41) is 3.25. The summed E-state index contributed by atoms with van der Waals surface area (Å²) in [5.74, 6) is 0.836. The minimum absolute atomic E-state index is 0.254. The van der Waals surface area contributed by atoms with Crippen LogP contribution < -0.4 is 5.32 Å². The SMILES string of the molecule is CNCC1CN(C)CC1N(C(C)=O)C1CC1. The third-order valence-corrected chi connectivity index (χ3v) is 3.72. The molecular weight excluding hydrogens is 202 g/mol. The predicted molar refractivity (Wildman–Crippen MR) is 64.2 cm³/mol. The molecule has 1 amide bonds. The van der Waals surface area contributed by atoms with Gasteiger partial charge in [-0.05, 0) is 26.9 Å². The zero-order valence-corrected chi connectivity index (χ0v) is 10.6. The Balaban J connectivity index is 2.06. The predicted octanol–water partition coefficient (Wildman–Crippen LogP) is 0.147. The lowest BCUT2D eigenvalue weighted by Gasteiger charge is -2.32. The number of likely N-dealkylation sites (tertiary alicyclic amines) is 1. The van der Waals surface area contributed by atoms with Crippen LogP contribution in [0.5, 0.6) is 0 Å². The summed E-state index contributed by atoms with van der Waals surface area (Å²) < 4.78 is 0. The first-order chi connectivity index (χ1) is 7.63. The summed E-state index contributed by atoms with van der Waals surface area (Å²) in [6.45, 7) is 4.85. The van der Waals surface area contributed by atoms with Crippen molar-refractivity contribution in [3.8, 4) is 0 Å². The van der Waals surface area contributed by atoms with Gasteiger partial charge in [-0.1, -0.05) is 0 Å². The van der Waals surface area contributed by atoms with Crippen LogP contribution in [0.3, 0.4) is 0 Å². The average molecular weight is 225 g/mol. The van der Waals surface area contributed by atoms with Gasteiger partial charge in [-0.15, -0.1) is 0 Å². The largest absolute Gasteiger partial charge is 0.335 e. The molecule has 2 rings (SSSR count). The Bertz CT molecular complexity index is 265. The van der Waals surface area contributed by atoms with Gasteiger partial charge in [0.15, 0.2) is 0 Å². The number of hydrogen-bond acceptors (Lipinski definition) is 3. The van der Waals surface area contributed by atoms with Crippen LogP contribution in [-0.2, 0) is 4.79 Å². The lowest BCUT2D eigenvalue weighted by molar-refractivity contribution is -0.132. The number of carbonyl (C=O) groups is 1. The van der Waals surface area contributed by atoms with Crippen molar-refractivity contribution in [2.75, 3.05) is 33.7 Å². The highest BCUT2D eigenvalue weighted by molar-refractivity contribution is 5.74. The van der Waals surface area contributed by atoms with Gasteiger partial charge in [0.25, 0.3) is 0 Å². The molecule has 0 spiro atoms. The highest BCUT2D eigenvalue weighted by Gasteiger charge is 2.42. The lowest BCUT2D eigenvalue weighted by Crippen LogP contribution is -2.47. The van der Waals surface area contributed by atoms with Crippen molar-refractivity contribution >= 4 is 5.91 Å². The zero-order chi connectivity index (χ0) is 11.7. The molecule has 0 aromatic heterocycles. The molecular formula is C12H23N3O. The number of hydrogen-bond donors (Lipinski definition) is 1. The summed E-state index contributed by atoms with van der Waals surface area (Å²) >= 11 is 0. The molecule has 2 aliphatic rings. The van der Waals surface area contributed by atoms with Crippen LogP contribution >= 0.6 is 0 Å². The lowest BCUT2D eigenvalue weighted by atomic mass is 10.0. The van der Waals surface area contributed by atoms with Crippen LogP contribution in [0.15, 0.2) is 0 Å². The quantitative estimate of drug-likeness (QED) is 0.739. The maximum atomic E-state index is 11.8. The number of rotatable bonds is 4. The van der Waals surface area contributed by atoms with Crippen LogP contribution in [0.2, 0.25) is 0 Å². The van der Waals surface area contributed by atoms with Gasteiger partial charge in [0.05, 0.1) is 0 Å². The van der Waals surface area contributed by atoms with Gasteiger partial charge < -0.3 is 15.1 Å². The molecule has 92 valence electrons. The maximum Gasteiger partial charge on any atom is 0.219 e. The van der Waals surface area contributed by atoms with Gasteiger partial charge in [0.2, 0.25) is 5.91 Å². The second-order valence-electron chi connectivity index (χ2n) is 5.26. The first-order valence-corrected chi connectivity index (χ1v) is 6.25. The van der Waals surface area contributed by atoms with Crippen LogP contribution in [0.4, 0.5) is 0 Å². The molecule has 4 heteroatoms. The van der Waals surface area contributed by atoms with E-state index in [1.807, 2.05) is 7.05 Å². The Morgan fingerprint density at radius 1 is 1.44 bits per heavy atom. The molecule has 2 atom stereocenters. The van der Waals surface area contributed by atoms with E-state index >= 15 is 0 Å². The van der Waals surface area contributed by atoms with E-state index in [0.717, 1.165) is 19.6 Å². The molecule has 4 nitrogen and oxygen atoms in total. The van der Waals surface area contributed by atoms with E-state index in [0.29, 0.717) is 18.0 Å². The number of nitrogens with zero attached hydrogens (tertiary/aromatic N) is 2. The molecule has 0 aromatic rings. The normalized spacial score (nSPS) is 30.7. The Morgan fingerprint density at radius 3 is 2.62 bits per heavy atom. The Morgan fingerprint density at radius 2 is 2.12 bits per heavy atom. The molecule has 0 bridgehead atoms. The van der Waals surface area contributed by atoms with E-state index in [9.17, 15) is 4.79 Å². The fraction of sp³-hybridized carbons (Fsp3) is 0.917. The first-order valence-electron chi connectivity index (χ1n) is 6.25. The highest BCUT2D eigenvalue weighted by atomic mass is 16.2. The summed E-state index contributed by atoms with van der Waals surface area (Å²) in [5.41, 5.74) is 0. The van der Waals surface area contributed by atoms with Gasteiger partial charge in [0, 0.05) is 44.6 Å². The molecule has 1 heterocycles. The van der Waals surface area contributed by atoms with Crippen LogP contribution in [-0.4, -0.2) is 61.5 Å². The third-order valence-electron chi connectivity index (χ3n) is 3.72. The van der Waals surface area contributed by atoms with Crippen molar-refractivity contribution in [1.29, 1.82) is 0 Å². The monoisotopic (exact) mass is 225 g/mol. The number of nitrogens with one attached hydrogen (secondary N) is 1. The van der Waals surface area contributed by atoms with Gasteiger partial charge in [-0.25, -0.2) is 0 Å². The topological polar surface area (TPSA) is 35.6 Å². The van der Waals surface area contributed by atoms with Crippen molar-refractivity contribution in [1.82, 2.24) is 15.1 Å². The molecule has 2 unspecified atom stereocenters. The van der Waals surface area contributed by atoms with Crippen LogP contribution in [0.1, 0.15) is 19.8 Å². The summed E-state index contributed by atoms with van der Waals surface area (Å²) in [4.78, 5) is 16.2. The number of carbonyl (C=O) groups excluding carboxylic acids is 1. The number of likely N-dealkylation sites (N-methyl/N-ethyl adjacent to an activating group) is 1. The molecule has 1 saturated carbocycles. The minimum Gasteiger partial charge on any atom is -0.335 e. The summed E-state index contributed by atoms with van der Waals surface area (Å²) in [7, 11) is 4.14. The van der Waals surface area contributed by atoms with Crippen molar-refractivity contribution in [2.45, 2.75) is 31.8 Å². The van der Waals surface area contributed by atoms with Crippen molar-refractivity contribution < 1.29 is 4.79 Å². The molecule has 16 heavy (non-hydrogen) atoms. The van der Waals surface area contributed by atoms with Gasteiger partial charge in [0.1, 0.15) is 0 Å². The molecule has 1 saturated heterocycles. The average Bonchev–Trinajstić information content (AvgIpc) is 2.94. The fourth-order valence-electron chi connectivity index (χ4n) is 2.96. The molecule has 0 aromatic carbocycles. The van der Waals surface area contributed by atoms with E-state index in [1.165, 1.54) is 12.8 Å². The van der Waals surface area contributed by atoms with Crippen molar-refractivity contribution in [2.24, 2.45) is 5.92 Å². The van der Waals surface area contributed by atoms with E-state index in [1.54, 1.807) is 6.92 Å². The molecule has 2 fully saturated rings. The van der Waals surface area contributed by atoms with Gasteiger partial charge >= 0.3 is 0 Å². The molecule has 1 aliphatic heterocycles. The second-order valence-corrected chi connectivity index (χ2v) is 5.26. The smallest absolute Gasteiger partial charge is 0.219 e. The Labute approximate surface area is 98.0 Å². The van der Waals surface area contributed by atoms with Gasteiger partial charge in [-0.3, -0.25) is 4.79 Å². The van der Waals surface area contributed by atoms with Crippen LogP contribution in [0.25, 0.3) is 0 Å². The van der Waals surface area contributed by atoms with E-state index in [2.05, 4.69) is 22.2 Å². The van der Waals surface area contributed by atoms with E-state index < -0.39 is 0 Å². The van der Waals surface area contributed by atoms with Crippen LogP contribution in [0, 0.1) is 5.92 Å².